The molecule has 3 aromatic rings. The van der Waals surface area contributed by atoms with Crippen molar-refractivity contribution < 1.29 is 22.5 Å². The summed E-state index contributed by atoms with van der Waals surface area (Å²) in [5.74, 6) is 0.893. The molecule has 2 aromatic carbocycles. The number of carbonyl (C=O) groups excluding carboxylic acids is 1. The van der Waals surface area contributed by atoms with Crippen LogP contribution in [0.25, 0.3) is 11.4 Å². The van der Waals surface area contributed by atoms with Gasteiger partial charge in [-0.05, 0) is 36.8 Å². The van der Waals surface area contributed by atoms with E-state index in [9.17, 15) is 13.2 Å². The minimum absolute atomic E-state index is 0.0268. The minimum Gasteiger partial charge on any atom is -0.497 e. The van der Waals surface area contributed by atoms with Crippen LogP contribution < -0.4 is 14.8 Å². The molecule has 9 nitrogen and oxygen atoms in total. The molecule has 0 atom stereocenters. The zero-order valence-electron chi connectivity index (χ0n) is 16.1. The van der Waals surface area contributed by atoms with E-state index in [0.29, 0.717) is 28.4 Å². The Morgan fingerprint density at radius 1 is 1.21 bits per heavy atom. The van der Waals surface area contributed by atoms with Gasteiger partial charge in [0.05, 0.1) is 25.6 Å². The van der Waals surface area contributed by atoms with Gasteiger partial charge in [0.15, 0.2) is 0 Å². The van der Waals surface area contributed by atoms with Crippen LogP contribution >= 0.6 is 0 Å². The topological polar surface area (TPSA) is 123 Å². The van der Waals surface area contributed by atoms with E-state index in [0.717, 1.165) is 11.8 Å². The quantitative estimate of drug-likeness (QED) is 0.606. The number of sulfonamides is 1. The highest BCUT2D eigenvalue weighted by atomic mass is 32.2. The molecule has 0 aliphatic rings. The first-order valence-corrected chi connectivity index (χ1v) is 10.5. The highest BCUT2D eigenvalue weighted by molar-refractivity contribution is 7.92. The first-order valence-electron chi connectivity index (χ1n) is 8.59. The highest BCUT2D eigenvalue weighted by Gasteiger charge is 2.15. The van der Waals surface area contributed by atoms with Crippen molar-refractivity contribution in [3.05, 3.63) is 59.5 Å². The lowest BCUT2D eigenvalue weighted by Crippen LogP contribution is -2.24. The maximum absolute atomic E-state index is 12.5. The van der Waals surface area contributed by atoms with Crippen LogP contribution in [0.15, 0.2) is 47.0 Å². The van der Waals surface area contributed by atoms with Gasteiger partial charge in [-0.15, -0.1) is 0 Å². The van der Waals surface area contributed by atoms with Crippen molar-refractivity contribution in [1.82, 2.24) is 15.5 Å². The fourth-order valence-corrected chi connectivity index (χ4v) is 3.27. The van der Waals surface area contributed by atoms with Gasteiger partial charge in [-0.25, -0.2) is 8.42 Å². The molecule has 1 heterocycles. The van der Waals surface area contributed by atoms with Crippen molar-refractivity contribution in [3.63, 3.8) is 0 Å². The summed E-state index contributed by atoms with van der Waals surface area (Å²) in [6.45, 7) is 1.69. The van der Waals surface area contributed by atoms with E-state index >= 15 is 0 Å². The number of hydrogen-bond acceptors (Lipinski definition) is 7. The molecule has 3 rings (SSSR count). The molecule has 0 spiro atoms. The summed E-state index contributed by atoms with van der Waals surface area (Å²) in [5.41, 5.74) is 1.92. The van der Waals surface area contributed by atoms with Crippen LogP contribution in [-0.2, 0) is 16.6 Å². The zero-order valence-corrected chi connectivity index (χ0v) is 16.9. The predicted octanol–water partition coefficient (Wildman–Crippen LogP) is 2.36. The van der Waals surface area contributed by atoms with Gasteiger partial charge >= 0.3 is 0 Å². The lowest BCUT2D eigenvalue weighted by molar-refractivity contribution is 0.0945. The van der Waals surface area contributed by atoms with Gasteiger partial charge in [0.25, 0.3) is 5.91 Å². The summed E-state index contributed by atoms with van der Waals surface area (Å²) < 4.78 is 35.7. The number of nitrogens with zero attached hydrogens (tertiary/aromatic N) is 2. The molecule has 0 bridgehead atoms. The SMILES string of the molecule is COc1cccc(-c2noc(CNC(=O)c3cccc(NS(C)(=O)=O)c3C)n2)c1. The van der Waals surface area contributed by atoms with Gasteiger partial charge in [0, 0.05) is 11.1 Å². The Labute approximate surface area is 168 Å². The van der Waals surface area contributed by atoms with Gasteiger partial charge in [0.2, 0.25) is 21.7 Å². The molecule has 0 aliphatic carbocycles. The van der Waals surface area contributed by atoms with E-state index < -0.39 is 10.0 Å². The number of methoxy groups -OCH3 is 1. The molecular formula is C19H20N4O5S. The molecule has 0 unspecified atom stereocenters. The number of carbonyl (C=O) groups is 1. The van der Waals surface area contributed by atoms with Gasteiger partial charge in [-0.3, -0.25) is 9.52 Å². The Morgan fingerprint density at radius 3 is 2.69 bits per heavy atom. The van der Waals surface area contributed by atoms with Gasteiger partial charge in [-0.1, -0.05) is 23.4 Å². The maximum atomic E-state index is 12.5. The zero-order chi connectivity index (χ0) is 21.0. The van der Waals surface area contributed by atoms with E-state index in [1.807, 2.05) is 12.1 Å². The van der Waals surface area contributed by atoms with Crippen LogP contribution in [0.4, 0.5) is 5.69 Å². The molecule has 1 amide bonds. The lowest BCUT2D eigenvalue weighted by atomic mass is 10.1. The Kier molecular flexibility index (Phi) is 5.83. The average molecular weight is 416 g/mol. The summed E-state index contributed by atoms with van der Waals surface area (Å²) in [6.07, 6.45) is 1.05. The second-order valence-corrected chi connectivity index (χ2v) is 8.03. The summed E-state index contributed by atoms with van der Waals surface area (Å²) >= 11 is 0. The molecular weight excluding hydrogens is 396 g/mol. The standard InChI is InChI=1S/C19H20N4O5S/c1-12-15(8-5-9-16(12)23-29(3,25)26)19(24)20-11-17-21-18(22-28-17)13-6-4-7-14(10-13)27-2/h4-10,23H,11H2,1-3H3,(H,20,24). The van der Waals surface area contributed by atoms with Crippen LogP contribution in [0.1, 0.15) is 21.8 Å². The third kappa shape index (κ3) is 5.11. The molecule has 0 saturated heterocycles. The van der Waals surface area contributed by atoms with Gasteiger partial charge in [-0.2, -0.15) is 4.98 Å². The molecule has 0 fully saturated rings. The van der Waals surface area contributed by atoms with Crippen LogP contribution in [0.3, 0.4) is 0 Å². The summed E-state index contributed by atoms with van der Waals surface area (Å²) in [7, 11) is -1.88. The van der Waals surface area contributed by atoms with Crippen LogP contribution in [0, 0.1) is 6.92 Å². The van der Waals surface area contributed by atoms with Crippen LogP contribution in [0.2, 0.25) is 0 Å². The number of amides is 1. The summed E-state index contributed by atoms with van der Waals surface area (Å²) in [5, 5.41) is 6.61. The van der Waals surface area contributed by atoms with Crippen molar-refractivity contribution in [1.29, 1.82) is 0 Å². The van der Waals surface area contributed by atoms with Crippen molar-refractivity contribution in [2.24, 2.45) is 0 Å². The summed E-state index contributed by atoms with van der Waals surface area (Å²) in [6, 6.07) is 12.0. The Bertz CT molecular complexity index is 1140. The average Bonchev–Trinajstić information content (AvgIpc) is 3.16. The monoisotopic (exact) mass is 416 g/mol. The van der Waals surface area contributed by atoms with Crippen LogP contribution in [0.5, 0.6) is 5.75 Å². The first kappa shape index (κ1) is 20.3. The molecule has 1 aromatic heterocycles. The fraction of sp³-hybridized carbons (Fsp3) is 0.211. The lowest BCUT2D eigenvalue weighted by Gasteiger charge is -2.11. The van der Waals surface area contributed by atoms with E-state index in [1.165, 1.54) is 0 Å². The highest BCUT2D eigenvalue weighted by Crippen LogP contribution is 2.22. The van der Waals surface area contributed by atoms with E-state index in [2.05, 4.69) is 20.2 Å². The number of hydrogen-bond donors (Lipinski definition) is 2. The molecule has 0 radical (unpaired) electrons. The van der Waals surface area contributed by atoms with Crippen molar-refractivity contribution in [2.75, 3.05) is 18.1 Å². The molecule has 29 heavy (non-hydrogen) atoms. The number of nitrogens with one attached hydrogen (secondary N) is 2. The normalized spacial score (nSPS) is 11.1. The Morgan fingerprint density at radius 2 is 1.97 bits per heavy atom. The third-order valence-electron chi connectivity index (χ3n) is 4.07. The Hall–Kier alpha value is -3.40. The molecule has 152 valence electrons. The second kappa shape index (κ2) is 8.31. The van der Waals surface area contributed by atoms with Crippen molar-refractivity contribution >= 4 is 21.6 Å². The van der Waals surface area contributed by atoms with Crippen LogP contribution in [-0.4, -0.2) is 37.8 Å². The minimum atomic E-state index is -3.45. The largest absolute Gasteiger partial charge is 0.497 e. The fourth-order valence-electron chi connectivity index (χ4n) is 2.65. The molecule has 10 heteroatoms. The molecule has 0 saturated carbocycles. The summed E-state index contributed by atoms with van der Waals surface area (Å²) in [4.78, 5) is 16.8. The van der Waals surface area contributed by atoms with Gasteiger partial charge in [0.1, 0.15) is 5.75 Å². The number of benzene rings is 2. The van der Waals surface area contributed by atoms with Crippen molar-refractivity contribution in [2.45, 2.75) is 13.5 Å². The molecule has 0 aliphatic heterocycles. The number of rotatable bonds is 7. The maximum Gasteiger partial charge on any atom is 0.252 e. The molecule has 2 N–H and O–H groups in total. The predicted molar refractivity (Wildman–Crippen MR) is 107 cm³/mol. The van der Waals surface area contributed by atoms with E-state index in [4.69, 9.17) is 9.26 Å². The second-order valence-electron chi connectivity index (χ2n) is 6.28. The number of anilines is 1. The van der Waals surface area contributed by atoms with E-state index in [-0.39, 0.29) is 18.3 Å². The number of aromatic nitrogens is 2. The smallest absolute Gasteiger partial charge is 0.252 e. The first-order chi connectivity index (χ1) is 13.8. The number of ether oxygens (including phenoxy) is 1. The third-order valence-corrected chi connectivity index (χ3v) is 4.66. The van der Waals surface area contributed by atoms with Crippen molar-refractivity contribution in [3.8, 4) is 17.1 Å². The van der Waals surface area contributed by atoms with E-state index in [1.54, 1.807) is 44.4 Å². The van der Waals surface area contributed by atoms with Gasteiger partial charge < -0.3 is 14.6 Å². The Balaban J connectivity index is 1.70.